The fourth-order valence-corrected chi connectivity index (χ4v) is 2.14. The molecule has 0 spiro atoms. The summed E-state index contributed by atoms with van der Waals surface area (Å²) in [7, 11) is 0. The van der Waals surface area contributed by atoms with Crippen molar-refractivity contribution in [1.29, 1.82) is 5.26 Å². The maximum atomic E-state index is 13.8. The van der Waals surface area contributed by atoms with Crippen LogP contribution in [0.4, 0.5) is 4.39 Å². The minimum atomic E-state index is -0.522. The third kappa shape index (κ3) is 2.45. The van der Waals surface area contributed by atoms with Gasteiger partial charge in [-0.2, -0.15) is 5.26 Å². The van der Waals surface area contributed by atoms with E-state index >= 15 is 0 Å². The molecule has 2 aromatic rings. The number of halogens is 3. The maximum Gasteiger partial charge on any atom is 0.149 e. The molecule has 0 aliphatic rings. The van der Waals surface area contributed by atoms with Crippen molar-refractivity contribution in [3.63, 3.8) is 0 Å². The second-order valence-electron chi connectivity index (χ2n) is 3.56. The van der Waals surface area contributed by atoms with Gasteiger partial charge in [-0.3, -0.25) is 0 Å². The van der Waals surface area contributed by atoms with E-state index in [0.717, 1.165) is 0 Å². The monoisotopic (exact) mass is 280 g/mol. The van der Waals surface area contributed by atoms with Crippen molar-refractivity contribution < 1.29 is 4.39 Å². The Morgan fingerprint density at radius 2 is 1.83 bits per heavy atom. The average Bonchev–Trinajstić information content (AvgIpc) is 2.33. The Labute approximate surface area is 114 Å². The highest BCUT2D eigenvalue weighted by molar-refractivity contribution is 6.39. The van der Waals surface area contributed by atoms with Gasteiger partial charge in [0.2, 0.25) is 0 Å². The Balaban J connectivity index is 2.63. The van der Waals surface area contributed by atoms with Crippen molar-refractivity contribution in [2.45, 2.75) is 6.42 Å². The minimum absolute atomic E-state index is 0.0679. The van der Waals surface area contributed by atoms with Gasteiger partial charge in [-0.15, -0.1) is 0 Å². The molecule has 18 heavy (non-hydrogen) atoms. The molecule has 90 valence electrons. The van der Waals surface area contributed by atoms with E-state index in [1.807, 2.05) is 6.07 Å². The van der Waals surface area contributed by atoms with E-state index < -0.39 is 5.82 Å². The highest BCUT2D eigenvalue weighted by Gasteiger charge is 2.14. The molecule has 0 atom stereocenters. The number of hydrogen-bond donors (Lipinski definition) is 0. The molecule has 0 aliphatic carbocycles. The molecule has 0 saturated heterocycles. The van der Waals surface area contributed by atoms with Crippen molar-refractivity contribution in [1.82, 2.24) is 4.98 Å². The summed E-state index contributed by atoms with van der Waals surface area (Å²) in [6.07, 6.45) is 0.106. The molecule has 1 aromatic carbocycles. The Bertz CT molecular complexity index is 615. The first-order valence-corrected chi connectivity index (χ1v) is 5.86. The van der Waals surface area contributed by atoms with Crippen molar-refractivity contribution in [3.8, 4) is 17.3 Å². The number of nitrogens with zero attached hydrogens (tertiary/aromatic N) is 2. The lowest BCUT2D eigenvalue weighted by Crippen LogP contribution is -1.96. The highest BCUT2D eigenvalue weighted by atomic mass is 35.5. The molecule has 0 unspecified atom stereocenters. The van der Waals surface area contributed by atoms with Crippen molar-refractivity contribution in [2.75, 3.05) is 0 Å². The van der Waals surface area contributed by atoms with E-state index in [4.69, 9.17) is 28.5 Å². The van der Waals surface area contributed by atoms with Crippen LogP contribution in [0.3, 0.4) is 0 Å². The van der Waals surface area contributed by atoms with Gasteiger partial charge in [-0.1, -0.05) is 29.3 Å². The number of rotatable bonds is 2. The molecule has 0 N–H and O–H groups in total. The predicted octanol–water partition coefficient (Wildman–Crippen LogP) is 4.26. The van der Waals surface area contributed by atoms with Gasteiger partial charge < -0.3 is 0 Å². The minimum Gasteiger partial charge on any atom is -0.249 e. The summed E-state index contributed by atoms with van der Waals surface area (Å²) in [5.74, 6) is -0.522. The van der Waals surface area contributed by atoms with Gasteiger partial charge in [-0.05, 0) is 24.3 Å². The van der Waals surface area contributed by atoms with Crippen LogP contribution in [0.15, 0.2) is 30.3 Å². The van der Waals surface area contributed by atoms with Crippen molar-refractivity contribution in [3.05, 3.63) is 51.9 Å². The topological polar surface area (TPSA) is 36.7 Å². The lowest BCUT2D eigenvalue weighted by atomic mass is 10.1. The Morgan fingerprint density at radius 3 is 2.44 bits per heavy atom. The molecule has 0 saturated carbocycles. The van der Waals surface area contributed by atoms with Gasteiger partial charge in [0.1, 0.15) is 11.5 Å². The molecule has 1 aromatic heterocycles. The van der Waals surface area contributed by atoms with Crippen LogP contribution in [0.1, 0.15) is 5.69 Å². The second-order valence-corrected chi connectivity index (χ2v) is 4.38. The zero-order valence-corrected chi connectivity index (χ0v) is 10.6. The highest BCUT2D eigenvalue weighted by Crippen LogP contribution is 2.34. The third-order valence-electron chi connectivity index (χ3n) is 2.36. The van der Waals surface area contributed by atoms with E-state index in [-0.39, 0.29) is 12.1 Å². The van der Waals surface area contributed by atoms with Crippen LogP contribution in [-0.2, 0) is 6.42 Å². The van der Waals surface area contributed by atoms with Crippen LogP contribution >= 0.6 is 23.2 Å². The van der Waals surface area contributed by atoms with Crippen molar-refractivity contribution in [2.24, 2.45) is 0 Å². The first-order chi connectivity index (χ1) is 8.63. The Morgan fingerprint density at radius 1 is 1.17 bits per heavy atom. The van der Waals surface area contributed by atoms with Crippen LogP contribution in [0.5, 0.6) is 0 Å². The van der Waals surface area contributed by atoms with Crippen LogP contribution in [0.2, 0.25) is 10.0 Å². The van der Waals surface area contributed by atoms with Gasteiger partial charge in [0, 0.05) is 5.56 Å². The largest absolute Gasteiger partial charge is 0.249 e. The zero-order chi connectivity index (χ0) is 13.1. The van der Waals surface area contributed by atoms with E-state index in [9.17, 15) is 4.39 Å². The van der Waals surface area contributed by atoms with E-state index in [0.29, 0.717) is 21.3 Å². The number of nitriles is 1. The molecule has 2 rings (SSSR count). The summed E-state index contributed by atoms with van der Waals surface area (Å²) in [5, 5.41) is 9.27. The fourth-order valence-electron chi connectivity index (χ4n) is 1.56. The van der Waals surface area contributed by atoms with Gasteiger partial charge >= 0.3 is 0 Å². The lowest BCUT2D eigenvalue weighted by molar-refractivity contribution is 0.624. The smallest absolute Gasteiger partial charge is 0.149 e. The van der Waals surface area contributed by atoms with E-state index in [1.165, 1.54) is 12.1 Å². The molecule has 0 amide bonds. The molecule has 5 heteroatoms. The molecule has 0 radical (unpaired) electrons. The van der Waals surface area contributed by atoms with Gasteiger partial charge in [-0.25, -0.2) is 9.37 Å². The SMILES string of the molecule is N#CCc1ccc(F)c(-c2c(Cl)cccc2Cl)n1. The maximum absolute atomic E-state index is 13.8. The Hall–Kier alpha value is -1.63. The summed E-state index contributed by atoms with van der Waals surface area (Å²) in [4.78, 5) is 4.09. The Kier molecular flexibility index (Phi) is 3.81. The third-order valence-corrected chi connectivity index (χ3v) is 2.99. The second kappa shape index (κ2) is 5.34. The first-order valence-electron chi connectivity index (χ1n) is 5.10. The number of aromatic nitrogens is 1. The molecule has 0 fully saturated rings. The summed E-state index contributed by atoms with van der Waals surface area (Å²) < 4.78 is 13.8. The lowest BCUT2D eigenvalue weighted by Gasteiger charge is -2.08. The zero-order valence-electron chi connectivity index (χ0n) is 9.12. The van der Waals surface area contributed by atoms with Gasteiger partial charge in [0.25, 0.3) is 0 Å². The predicted molar refractivity (Wildman–Crippen MR) is 69.0 cm³/mol. The first kappa shape index (κ1) is 12.8. The number of hydrogen-bond acceptors (Lipinski definition) is 2. The summed E-state index contributed by atoms with van der Waals surface area (Å²) in [5.41, 5.74) is 0.890. The summed E-state index contributed by atoms with van der Waals surface area (Å²) in [6.45, 7) is 0. The molecule has 0 aliphatic heterocycles. The van der Waals surface area contributed by atoms with Crippen LogP contribution in [0.25, 0.3) is 11.3 Å². The van der Waals surface area contributed by atoms with Gasteiger partial charge in [0.05, 0.1) is 28.2 Å². The van der Waals surface area contributed by atoms with Crippen LogP contribution in [0, 0.1) is 17.1 Å². The van der Waals surface area contributed by atoms with Gasteiger partial charge in [0.15, 0.2) is 0 Å². The summed E-state index contributed by atoms with van der Waals surface area (Å²) >= 11 is 12.0. The number of benzene rings is 1. The van der Waals surface area contributed by atoms with Crippen molar-refractivity contribution >= 4 is 23.2 Å². The molecular formula is C13H7Cl2FN2. The molecule has 1 heterocycles. The average molecular weight is 281 g/mol. The van der Waals surface area contributed by atoms with E-state index in [2.05, 4.69) is 4.98 Å². The standard InChI is InChI=1S/C13H7Cl2FN2/c14-9-2-1-3-10(15)12(9)13-11(16)5-4-8(18-13)6-7-17/h1-5H,6H2. The molecule has 0 bridgehead atoms. The van der Waals surface area contributed by atoms with Crippen LogP contribution < -0.4 is 0 Å². The number of pyridine rings is 1. The van der Waals surface area contributed by atoms with Crippen LogP contribution in [-0.4, -0.2) is 4.98 Å². The summed E-state index contributed by atoms with van der Waals surface area (Å²) in [6, 6.07) is 9.58. The molecule has 2 nitrogen and oxygen atoms in total. The molecular weight excluding hydrogens is 274 g/mol. The van der Waals surface area contributed by atoms with E-state index in [1.54, 1.807) is 18.2 Å². The normalized spacial score (nSPS) is 10.1. The quantitative estimate of drug-likeness (QED) is 0.824. The fraction of sp³-hybridized carbons (Fsp3) is 0.0769.